The summed E-state index contributed by atoms with van der Waals surface area (Å²) in [5.74, 6) is 1.45. The van der Waals surface area contributed by atoms with E-state index >= 15 is 0 Å². The Labute approximate surface area is 227 Å². The largest absolute Gasteiger partial charge is 0.378 e. The van der Waals surface area contributed by atoms with Crippen molar-refractivity contribution in [3.63, 3.8) is 0 Å². The van der Waals surface area contributed by atoms with Crippen LogP contribution < -0.4 is 10.2 Å². The van der Waals surface area contributed by atoms with Gasteiger partial charge in [0.2, 0.25) is 10.0 Å². The summed E-state index contributed by atoms with van der Waals surface area (Å²) in [6.07, 6.45) is 4.60. The van der Waals surface area contributed by atoms with Crippen LogP contribution in [0.1, 0.15) is 36.5 Å². The number of nitrogens with zero attached hydrogens (tertiary/aromatic N) is 6. The molecule has 5 rings (SSSR count). The Kier molecular flexibility index (Phi) is 8.46. The number of hydrogen-bond donors (Lipinski definition) is 1. The Morgan fingerprint density at radius 1 is 1.05 bits per heavy atom. The van der Waals surface area contributed by atoms with E-state index in [1.807, 2.05) is 0 Å². The molecule has 3 aromatic rings. The standard InChI is InChI=1S/C25H33N7O4S2/c1-2-37-25-28-22(30-14-16-36-17-15-30)21-18-27-32(23(21)29-25)13-10-26-24(33)19-6-8-20(9-7-19)38(34,35)31-11-4-3-5-12-31/h6-9,18H,2-5,10-17H2,1H3,(H,26,33). The van der Waals surface area contributed by atoms with Gasteiger partial charge in [0, 0.05) is 38.3 Å². The van der Waals surface area contributed by atoms with Crippen molar-refractivity contribution in [1.82, 2.24) is 29.4 Å². The van der Waals surface area contributed by atoms with Gasteiger partial charge in [-0.3, -0.25) is 4.79 Å². The third kappa shape index (κ3) is 5.80. The maximum absolute atomic E-state index is 12.9. The molecule has 2 aliphatic rings. The first-order chi connectivity index (χ1) is 18.5. The fraction of sp³-hybridized carbons (Fsp3) is 0.520. The van der Waals surface area contributed by atoms with E-state index in [9.17, 15) is 13.2 Å². The number of carbonyl (C=O) groups is 1. The molecule has 0 atom stereocenters. The van der Waals surface area contributed by atoms with E-state index in [1.54, 1.807) is 34.8 Å². The van der Waals surface area contributed by atoms with Crippen LogP contribution in [0.2, 0.25) is 0 Å². The van der Waals surface area contributed by atoms with Crippen LogP contribution in [-0.4, -0.2) is 90.1 Å². The summed E-state index contributed by atoms with van der Waals surface area (Å²) in [7, 11) is -3.53. The molecular weight excluding hydrogens is 526 g/mol. The summed E-state index contributed by atoms with van der Waals surface area (Å²) in [5.41, 5.74) is 1.14. The van der Waals surface area contributed by atoms with Crippen molar-refractivity contribution < 1.29 is 17.9 Å². The van der Waals surface area contributed by atoms with Crippen LogP contribution in [0.4, 0.5) is 5.82 Å². The van der Waals surface area contributed by atoms with Crippen molar-refractivity contribution in [1.29, 1.82) is 0 Å². The Morgan fingerprint density at radius 2 is 1.79 bits per heavy atom. The highest BCUT2D eigenvalue weighted by Gasteiger charge is 2.26. The van der Waals surface area contributed by atoms with Crippen LogP contribution in [0.3, 0.4) is 0 Å². The lowest BCUT2D eigenvalue weighted by molar-refractivity contribution is 0.0952. The minimum atomic E-state index is -3.53. The van der Waals surface area contributed by atoms with Gasteiger partial charge in [0.15, 0.2) is 10.8 Å². The van der Waals surface area contributed by atoms with E-state index in [0.717, 1.165) is 55.0 Å². The number of sulfonamides is 1. The zero-order valence-electron chi connectivity index (χ0n) is 21.5. The summed E-state index contributed by atoms with van der Waals surface area (Å²) in [6, 6.07) is 6.14. The Hall–Kier alpha value is -2.74. The molecule has 2 saturated heterocycles. The number of rotatable bonds is 9. The van der Waals surface area contributed by atoms with Gasteiger partial charge in [-0.15, -0.1) is 0 Å². The van der Waals surface area contributed by atoms with Gasteiger partial charge in [0.25, 0.3) is 5.91 Å². The number of anilines is 1. The zero-order chi connectivity index (χ0) is 26.5. The minimum Gasteiger partial charge on any atom is -0.378 e. The monoisotopic (exact) mass is 559 g/mol. The first kappa shape index (κ1) is 26.9. The number of aromatic nitrogens is 4. The molecule has 2 aromatic heterocycles. The van der Waals surface area contributed by atoms with E-state index in [-0.39, 0.29) is 10.8 Å². The zero-order valence-corrected chi connectivity index (χ0v) is 23.1. The Morgan fingerprint density at radius 3 is 2.50 bits per heavy atom. The van der Waals surface area contributed by atoms with Crippen LogP contribution in [0.15, 0.2) is 40.5 Å². The molecule has 0 spiro atoms. The molecule has 1 amide bonds. The molecule has 1 N–H and O–H groups in total. The fourth-order valence-corrected chi connectivity index (χ4v) is 6.78. The van der Waals surface area contributed by atoms with Gasteiger partial charge in [-0.25, -0.2) is 23.1 Å². The lowest BCUT2D eigenvalue weighted by Gasteiger charge is -2.28. The van der Waals surface area contributed by atoms with E-state index < -0.39 is 10.0 Å². The number of ether oxygens (including phenoxy) is 1. The second-order valence-corrected chi connectivity index (χ2v) is 12.4. The van der Waals surface area contributed by atoms with Crippen molar-refractivity contribution >= 4 is 44.5 Å². The number of benzene rings is 1. The number of thioether (sulfide) groups is 1. The molecule has 4 heterocycles. The topological polar surface area (TPSA) is 123 Å². The molecule has 0 radical (unpaired) electrons. The van der Waals surface area contributed by atoms with Crippen LogP contribution in [0, 0.1) is 0 Å². The van der Waals surface area contributed by atoms with Crippen molar-refractivity contribution in [3.05, 3.63) is 36.0 Å². The second kappa shape index (κ2) is 12.0. The summed E-state index contributed by atoms with van der Waals surface area (Å²) in [6.45, 7) is 6.79. The SMILES string of the molecule is CCSc1nc(N2CCOCC2)c2cnn(CCNC(=O)c3ccc(S(=O)(=O)N4CCCCC4)cc3)c2n1. The quantitative estimate of drug-likeness (QED) is 0.311. The van der Waals surface area contributed by atoms with Crippen LogP contribution >= 0.6 is 11.8 Å². The molecule has 1 aromatic carbocycles. The number of piperidine rings is 1. The number of morpholine rings is 1. The molecule has 0 aliphatic carbocycles. The van der Waals surface area contributed by atoms with E-state index in [4.69, 9.17) is 14.7 Å². The third-order valence-electron chi connectivity index (χ3n) is 6.72. The minimum absolute atomic E-state index is 0.218. The number of nitrogens with one attached hydrogen (secondary N) is 1. The summed E-state index contributed by atoms with van der Waals surface area (Å²) in [5, 5.41) is 9.01. The van der Waals surface area contributed by atoms with Crippen LogP contribution in [-0.2, 0) is 21.3 Å². The molecule has 204 valence electrons. The van der Waals surface area contributed by atoms with Crippen molar-refractivity contribution in [2.24, 2.45) is 0 Å². The van der Waals surface area contributed by atoms with E-state index in [2.05, 4.69) is 22.2 Å². The molecule has 0 bridgehead atoms. The normalized spacial score (nSPS) is 17.1. The smallest absolute Gasteiger partial charge is 0.251 e. The summed E-state index contributed by atoms with van der Waals surface area (Å²) in [4.78, 5) is 24.7. The molecule has 0 saturated carbocycles. The maximum Gasteiger partial charge on any atom is 0.251 e. The second-order valence-electron chi connectivity index (χ2n) is 9.21. The van der Waals surface area contributed by atoms with Gasteiger partial charge >= 0.3 is 0 Å². The lowest BCUT2D eigenvalue weighted by Crippen LogP contribution is -2.37. The van der Waals surface area contributed by atoms with Gasteiger partial charge in [-0.2, -0.15) is 9.40 Å². The lowest BCUT2D eigenvalue weighted by atomic mass is 10.2. The predicted octanol–water partition coefficient (Wildman–Crippen LogP) is 2.38. The summed E-state index contributed by atoms with van der Waals surface area (Å²) >= 11 is 1.58. The molecule has 13 heteroatoms. The molecular formula is C25H33N7O4S2. The van der Waals surface area contributed by atoms with Gasteiger partial charge in [0.1, 0.15) is 5.82 Å². The highest BCUT2D eigenvalue weighted by Crippen LogP contribution is 2.28. The number of amides is 1. The first-order valence-corrected chi connectivity index (χ1v) is 15.5. The molecule has 11 nitrogen and oxygen atoms in total. The van der Waals surface area contributed by atoms with E-state index in [0.29, 0.717) is 50.1 Å². The fourth-order valence-electron chi connectivity index (χ4n) is 4.70. The predicted molar refractivity (Wildman–Crippen MR) is 146 cm³/mol. The Bertz CT molecular complexity index is 1370. The molecule has 38 heavy (non-hydrogen) atoms. The number of hydrogen-bond acceptors (Lipinski definition) is 9. The highest BCUT2D eigenvalue weighted by atomic mass is 32.2. The molecule has 2 aliphatic heterocycles. The number of carbonyl (C=O) groups excluding carboxylic acids is 1. The van der Waals surface area contributed by atoms with Gasteiger partial charge in [-0.1, -0.05) is 25.1 Å². The van der Waals surface area contributed by atoms with Gasteiger partial charge in [0.05, 0.1) is 36.2 Å². The van der Waals surface area contributed by atoms with E-state index in [1.165, 1.54) is 16.4 Å². The third-order valence-corrected chi connectivity index (χ3v) is 9.36. The van der Waals surface area contributed by atoms with Crippen LogP contribution in [0.5, 0.6) is 0 Å². The summed E-state index contributed by atoms with van der Waals surface area (Å²) < 4.78 is 34.5. The molecule has 0 unspecified atom stereocenters. The highest BCUT2D eigenvalue weighted by molar-refractivity contribution is 7.99. The van der Waals surface area contributed by atoms with Gasteiger partial charge in [-0.05, 0) is 42.9 Å². The average molecular weight is 560 g/mol. The van der Waals surface area contributed by atoms with Crippen molar-refractivity contribution in [3.8, 4) is 0 Å². The van der Waals surface area contributed by atoms with Crippen molar-refractivity contribution in [2.75, 3.05) is 56.6 Å². The number of fused-ring (bicyclic) bond motifs is 1. The van der Waals surface area contributed by atoms with Crippen molar-refractivity contribution in [2.45, 2.75) is 42.8 Å². The first-order valence-electron chi connectivity index (χ1n) is 13.0. The van der Waals surface area contributed by atoms with Gasteiger partial charge < -0.3 is 15.0 Å². The average Bonchev–Trinajstić information content (AvgIpc) is 3.36. The molecule has 2 fully saturated rings. The van der Waals surface area contributed by atoms with Crippen LogP contribution in [0.25, 0.3) is 11.0 Å². The Balaban J connectivity index is 1.25. The maximum atomic E-state index is 12.9.